The molecule has 0 atom stereocenters. The molecule has 0 aliphatic heterocycles. The lowest BCUT2D eigenvalue weighted by molar-refractivity contribution is -0.120. The van der Waals surface area contributed by atoms with Crippen LogP contribution in [0.2, 0.25) is 0 Å². The van der Waals surface area contributed by atoms with Crippen LogP contribution in [0, 0.1) is 6.92 Å². The summed E-state index contributed by atoms with van der Waals surface area (Å²) in [5.74, 6) is 0.107. The van der Waals surface area contributed by atoms with Gasteiger partial charge >= 0.3 is 0 Å². The van der Waals surface area contributed by atoms with Crippen molar-refractivity contribution in [3.8, 4) is 11.3 Å². The standard InChI is InChI=1S/C20H19N3O/c1-13-10-19(15-6-8-21-9-7-15)23-18-5-2-14(11-17(13)18)12-20(24)22-16-3-4-16/h2,5-11,16H,3-4,12H2,1H3,(H,22,24). The topological polar surface area (TPSA) is 54.9 Å². The molecule has 0 saturated heterocycles. The molecule has 0 bridgehead atoms. The van der Waals surface area contributed by atoms with Gasteiger partial charge in [0.1, 0.15) is 0 Å². The van der Waals surface area contributed by atoms with Gasteiger partial charge in [0.05, 0.1) is 17.6 Å². The van der Waals surface area contributed by atoms with Gasteiger partial charge < -0.3 is 5.32 Å². The molecule has 0 unspecified atom stereocenters. The molecule has 1 amide bonds. The minimum Gasteiger partial charge on any atom is -0.353 e. The summed E-state index contributed by atoms with van der Waals surface area (Å²) in [5, 5.41) is 4.14. The number of benzene rings is 1. The fourth-order valence-corrected chi connectivity index (χ4v) is 2.91. The van der Waals surface area contributed by atoms with Gasteiger partial charge in [0.15, 0.2) is 0 Å². The van der Waals surface area contributed by atoms with Gasteiger partial charge in [0.2, 0.25) is 5.91 Å². The summed E-state index contributed by atoms with van der Waals surface area (Å²) in [4.78, 5) is 20.8. The smallest absolute Gasteiger partial charge is 0.224 e. The molecule has 2 heterocycles. The Labute approximate surface area is 141 Å². The SMILES string of the molecule is Cc1cc(-c2ccncc2)nc2ccc(CC(=O)NC3CC3)cc12. The Kier molecular flexibility index (Phi) is 3.73. The second-order valence-electron chi connectivity index (χ2n) is 6.43. The Morgan fingerprint density at radius 1 is 1.17 bits per heavy atom. The number of hydrogen-bond donors (Lipinski definition) is 1. The van der Waals surface area contributed by atoms with Crippen LogP contribution in [-0.4, -0.2) is 21.9 Å². The molecule has 2 aromatic heterocycles. The Balaban J connectivity index is 1.65. The van der Waals surface area contributed by atoms with E-state index in [1.165, 1.54) is 0 Å². The van der Waals surface area contributed by atoms with Crippen LogP contribution in [0.5, 0.6) is 0 Å². The lowest BCUT2D eigenvalue weighted by atomic mass is 10.0. The van der Waals surface area contributed by atoms with Crippen LogP contribution in [0.15, 0.2) is 48.8 Å². The predicted octanol–water partition coefficient (Wildman–Crippen LogP) is 3.43. The largest absolute Gasteiger partial charge is 0.353 e. The second kappa shape index (κ2) is 6.04. The second-order valence-corrected chi connectivity index (χ2v) is 6.43. The number of aryl methyl sites for hydroxylation is 1. The van der Waals surface area contributed by atoms with Crippen molar-refractivity contribution in [3.63, 3.8) is 0 Å². The van der Waals surface area contributed by atoms with E-state index in [0.29, 0.717) is 12.5 Å². The predicted molar refractivity (Wildman–Crippen MR) is 94.6 cm³/mol. The third-order valence-corrected chi connectivity index (χ3v) is 4.36. The maximum absolute atomic E-state index is 12.0. The number of nitrogens with zero attached hydrogens (tertiary/aromatic N) is 2. The minimum atomic E-state index is 0.107. The fourth-order valence-electron chi connectivity index (χ4n) is 2.91. The van der Waals surface area contributed by atoms with Gasteiger partial charge in [0, 0.05) is 29.4 Å². The summed E-state index contributed by atoms with van der Waals surface area (Å²) in [6.07, 6.45) is 6.21. The molecule has 1 saturated carbocycles. The van der Waals surface area contributed by atoms with Crippen LogP contribution in [0.4, 0.5) is 0 Å². The van der Waals surface area contributed by atoms with Crippen LogP contribution in [0.1, 0.15) is 24.0 Å². The maximum Gasteiger partial charge on any atom is 0.224 e. The zero-order valence-corrected chi connectivity index (χ0v) is 13.6. The number of fused-ring (bicyclic) bond motifs is 1. The number of rotatable bonds is 4. The van der Waals surface area contributed by atoms with Crippen molar-refractivity contribution >= 4 is 16.8 Å². The van der Waals surface area contributed by atoms with E-state index < -0.39 is 0 Å². The highest BCUT2D eigenvalue weighted by atomic mass is 16.1. The van der Waals surface area contributed by atoms with Gasteiger partial charge in [-0.1, -0.05) is 6.07 Å². The van der Waals surface area contributed by atoms with Crippen LogP contribution < -0.4 is 5.32 Å². The van der Waals surface area contributed by atoms with Crippen molar-refractivity contribution in [1.29, 1.82) is 0 Å². The third-order valence-electron chi connectivity index (χ3n) is 4.36. The highest BCUT2D eigenvalue weighted by Crippen LogP contribution is 2.25. The molecule has 1 aliphatic rings. The van der Waals surface area contributed by atoms with Gasteiger partial charge in [-0.05, 0) is 61.2 Å². The molecule has 3 aromatic rings. The highest BCUT2D eigenvalue weighted by molar-refractivity contribution is 5.87. The van der Waals surface area contributed by atoms with Gasteiger partial charge in [-0.2, -0.15) is 0 Å². The number of carbonyl (C=O) groups excluding carboxylic acids is 1. The molecule has 0 spiro atoms. The molecule has 1 fully saturated rings. The molecule has 4 nitrogen and oxygen atoms in total. The van der Waals surface area contributed by atoms with Crippen molar-refractivity contribution in [1.82, 2.24) is 15.3 Å². The molecule has 1 aromatic carbocycles. The zero-order valence-electron chi connectivity index (χ0n) is 13.6. The number of amides is 1. The highest BCUT2D eigenvalue weighted by Gasteiger charge is 2.23. The first kappa shape index (κ1) is 14.8. The van der Waals surface area contributed by atoms with Crippen molar-refractivity contribution in [2.45, 2.75) is 32.2 Å². The summed E-state index contributed by atoms with van der Waals surface area (Å²) >= 11 is 0. The Bertz CT molecular complexity index is 901. The van der Waals surface area contributed by atoms with E-state index in [9.17, 15) is 4.79 Å². The first-order valence-corrected chi connectivity index (χ1v) is 8.29. The van der Waals surface area contributed by atoms with E-state index in [1.807, 2.05) is 24.3 Å². The summed E-state index contributed by atoms with van der Waals surface area (Å²) in [7, 11) is 0. The summed E-state index contributed by atoms with van der Waals surface area (Å²) in [6, 6.07) is 12.5. The molecular formula is C20H19N3O. The lowest BCUT2D eigenvalue weighted by Crippen LogP contribution is -2.26. The van der Waals surface area contributed by atoms with E-state index >= 15 is 0 Å². The molecule has 0 radical (unpaired) electrons. The first-order valence-electron chi connectivity index (χ1n) is 8.29. The number of pyridine rings is 2. The number of nitrogens with one attached hydrogen (secondary N) is 1. The van der Waals surface area contributed by atoms with E-state index in [4.69, 9.17) is 4.98 Å². The third kappa shape index (κ3) is 3.13. The normalized spacial score (nSPS) is 13.9. The molecule has 1 N–H and O–H groups in total. The average Bonchev–Trinajstić information content (AvgIpc) is 3.40. The number of aromatic nitrogens is 2. The van der Waals surface area contributed by atoms with Gasteiger partial charge in [0.25, 0.3) is 0 Å². The first-order chi connectivity index (χ1) is 11.7. The molecular weight excluding hydrogens is 298 g/mol. The van der Waals surface area contributed by atoms with Crippen molar-refractivity contribution in [2.75, 3.05) is 0 Å². The quantitative estimate of drug-likeness (QED) is 0.802. The van der Waals surface area contributed by atoms with Crippen LogP contribution >= 0.6 is 0 Å². The Morgan fingerprint density at radius 3 is 2.71 bits per heavy atom. The van der Waals surface area contributed by atoms with Crippen molar-refractivity contribution in [2.24, 2.45) is 0 Å². The molecule has 4 heteroatoms. The molecule has 120 valence electrons. The lowest BCUT2D eigenvalue weighted by Gasteiger charge is -2.09. The summed E-state index contributed by atoms with van der Waals surface area (Å²) in [6.45, 7) is 2.09. The van der Waals surface area contributed by atoms with Gasteiger partial charge in [-0.25, -0.2) is 4.98 Å². The molecule has 4 rings (SSSR count). The zero-order chi connectivity index (χ0) is 16.5. The Morgan fingerprint density at radius 2 is 1.96 bits per heavy atom. The van der Waals surface area contributed by atoms with Gasteiger partial charge in [-0.15, -0.1) is 0 Å². The minimum absolute atomic E-state index is 0.107. The van der Waals surface area contributed by atoms with E-state index in [-0.39, 0.29) is 5.91 Å². The van der Waals surface area contributed by atoms with Crippen molar-refractivity contribution in [3.05, 3.63) is 59.9 Å². The summed E-state index contributed by atoms with van der Waals surface area (Å²) in [5.41, 5.74) is 5.15. The number of hydrogen-bond acceptors (Lipinski definition) is 3. The fraction of sp³-hybridized carbons (Fsp3) is 0.250. The van der Waals surface area contributed by atoms with Gasteiger partial charge in [-0.3, -0.25) is 9.78 Å². The average molecular weight is 317 g/mol. The summed E-state index contributed by atoms with van der Waals surface area (Å²) < 4.78 is 0. The van der Waals surface area contributed by atoms with E-state index in [2.05, 4.69) is 29.4 Å². The van der Waals surface area contributed by atoms with Crippen molar-refractivity contribution < 1.29 is 4.79 Å². The van der Waals surface area contributed by atoms with Crippen LogP contribution in [-0.2, 0) is 11.2 Å². The van der Waals surface area contributed by atoms with Crippen LogP contribution in [0.25, 0.3) is 22.2 Å². The Hall–Kier alpha value is -2.75. The molecule has 24 heavy (non-hydrogen) atoms. The van der Waals surface area contributed by atoms with E-state index in [0.717, 1.165) is 46.1 Å². The number of carbonyl (C=O) groups is 1. The van der Waals surface area contributed by atoms with E-state index in [1.54, 1.807) is 12.4 Å². The monoisotopic (exact) mass is 317 g/mol. The molecule has 1 aliphatic carbocycles. The van der Waals surface area contributed by atoms with Crippen LogP contribution in [0.3, 0.4) is 0 Å². The maximum atomic E-state index is 12.0.